The van der Waals surface area contributed by atoms with Crippen molar-refractivity contribution in [3.8, 4) is 0 Å². The fourth-order valence-electron chi connectivity index (χ4n) is 2.87. The zero-order valence-corrected chi connectivity index (χ0v) is 14.7. The predicted molar refractivity (Wildman–Crippen MR) is 98.6 cm³/mol. The van der Waals surface area contributed by atoms with Crippen LogP contribution in [0.25, 0.3) is 10.9 Å². The van der Waals surface area contributed by atoms with E-state index in [0.29, 0.717) is 23.7 Å². The number of nitrogens with one attached hydrogen (secondary N) is 1. The van der Waals surface area contributed by atoms with Gasteiger partial charge in [-0.3, -0.25) is 9.78 Å². The van der Waals surface area contributed by atoms with Crippen LogP contribution in [0.4, 0.5) is 0 Å². The van der Waals surface area contributed by atoms with Crippen LogP contribution in [0, 0.1) is 0 Å². The van der Waals surface area contributed by atoms with Crippen LogP contribution in [0.5, 0.6) is 0 Å². The Morgan fingerprint density at radius 2 is 2.16 bits per heavy atom. The number of carbonyl (C=O) groups is 1. The molecule has 0 radical (unpaired) electrons. The number of H-pyrrole nitrogens is 1. The Morgan fingerprint density at radius 1 is 1.32 bits per heavy atom. The molecule has 130 valence electrons. The van der Waals surface area contributed by atoms with Crippen LogP contribution in [0.2, 0.25) is 5.02 Å². The molecule has 0 aliphatic rings. The van der Waals surface area contributed by atoms with Gasteiger partial charge in [-0.1, -0.05) is 30.7 Å². The molecule has 0 bridgehead atoms. The SMILES string of the molecule is CCC(CO)N(Cc1ccccn1)C(=O)c1cc2c(Cl)cccc2[nH]1. The molecule has 0 spiro atoms. The third kappa shape index (κ3) is 3.67. The lowest BCUT2D eigenvalue weighted by atomic mass is 10.1. The van der Waals surface area contributed by atoms with Crippen LogP contribution in [0.1, 0.15) is 29.5 Å². The van der Waals surface area contributed by atoms with Gasteiger partial charge in [-0.2, -0.15) is 0 Å². The average molecular weight is 358 g/mol. The molecule has 0 saturated carbocycles. The van der Waals surface area contributed by atoms with Crippen LogP contribution >= 0.6 is 11.6 Å². The summed E-state index contributed by atoms with van der Waals surface area (Å²) in [6, 6.07) is 12.6. The first-order valence-electron chi connectivity index (χ1n) is 8.23. The van der Waals surface area contributed by atoms with Gasteiger partial charge in [-0.15, -0.1) is 0 Å². The number of benzene rings is 1. The number of nitrogens with zero attached hydrogens (tertiary/aromatic N) is 2. The lowest BCUT2D eigenvalue weighted by Gasteiger charge is -2.29. The Morgan fingerprint density at radius 3 is 2.80 bits per heavy atom. The van der Waals surface area contributed by atoms with Gasteiger partial charge in [-0.05, 0) is 36.8 Å². The van der Waals surface area contributed by atoms with Gasteiger partial charge in [0.15, 0.2) is 0 Å². The van der Waals surface area contributed by atoms with Crippen LogP contribution in [0.3, 0.4) is 0 Å². The van der Waals surface area contributed by atoms with E-state index in [1.807, 2.05) is 37.3 Å². The second kappa shape index (κ2) is 7.68. The van der Waals surface area contributed by atoms with Gasteiger partial charge < -0.3 is 15.0 Å². The molecule has 6 heteroatoms. The normalized spacial score (nSPS) is 12.3. The summed E-state index contributed by atoms with van der Waals surface area (Å²) in [6.07, 6.45) is 2.34. The van der Waals surface area contributed by atoms with Crippen LogP contribution in [0.15, 0.2) is 48.7 Å². The molecular weight excluding hydrogens is 338 g/mol. The van der Waals surface area contributed by atoms with Crippen LogP contribution in [-0.4, -0.2) is 38.5 Å². The maximum absolute atomic E-state index is 13.1. The van der Waals surface area contributed by atoms with Crippen molar-refractivity contribution in [3.05, 3.63) is 65.1 Å². The molecule has 25 heavy (non-hydrogen) atoms. The van der Waals surface area contributed by atoms with Gasteiger partial charge in [0, 0.05) is 22.1 Å². The standard InChI is InChI=1S/C19H20ClN3O2/c1-2-14(12-24)23(11-13-6-3-4-9-21-13)19(25)18-10-15-16(20)7-5-8-17(15)22-18/h3-10,14,22,24H,2,11-12H2,1H3. The van der Waals surface area contributed by atoms with E-state index in [0.717, 1.165) is 16.6 Å². The minimum Gasteiger partial charge on any atom is -0.394 e. The van der Waals surface area contributed by atoms with Gasteiger partial charge in [-0.25, -0.2) is 0 Å². The number of carbonyl (C=O) groups excluding carboxylic acids is 1. The highest BCUT2D eigenvalue weighted by Crippen LogP contribution is 2.25. The maximum Gasteiger partial charge on any atom is 0.270 e. The number of fused-ring (bicyclic) bond motifs is 1. The highest BCUT2D eigenvalue weighted by Gasteiger charge is 2.25. The van der Waals surface area contributed by atoms with E-state index in [-0.39, 0.29) is 18.6 Å². The first kappa shape index (κ1) is 17.5. The summed E-state index contributed by atoms with van der Waals surface area (Å²) in [5.74, 6) is -0.182. The van der Waals surface area contributed by atoms with Gasteiger partial charge in [0.25, 0.3) is 5.91 Å². The third-order valence-electron chi connectivity index (χ3n) is 4.28. The minimum atomic E-state index is -0.281. The van der Waals surface area contributed by atoms with Crippen LogP contribution in [-0.2, 0) is 6.54 Å². The second-order valence-corrected chi connectivity index (χ2v) is 6.29. The molecule has 0 aliphatic carbocycles. The van der Waals surface area contributed by atoms with E-state index in [9.17, 15) is 9.90 Å². The first-order valence-corrected chi connectivity index (χ1v) is 8.60. The molecular formula is C19H20ClN3O2. The van der Waals surface area contributed by atoms with Crippen molar-refractivity contribution in [1.82, 2.24) is 14.9 Å². The number of aromatic nitrogens is 2. The van der Waals surface area contributed by atoms with E-state index < -0.39 is 0 Å². The summed E-state index contributed by atoms with van der Waals surface area (Å²) < 4.78 is 0. The number of aromatic amines is 1. The zero-order chi connectivity index (χ0) is 17.8. The fourth-order valence-corrected chi connectivity index (χ4v) is 3.10. The van der Waals surface area contributed by atoms with E-state index in [1.54, 1.807) is 23.2 Å². The van der Waals surface area contributed by atoms with Crippen LogP contribution < -0.4 is 0 Å². The topological polar surface area (TPSA) is 69.2 Å². The number of amides is 1. The molecule has 2 N–H and O–H groups in total. The molecule has 1 atom stereocenters. The van der Waals surface area contributed by atoms with E-state index in [2.05, 4.69) is 9.97 Å². The van der Waals surface area contributed by atoms with E-state index in [4.69, 9.17) is 11.6 Å². The summed E-state index contributed by atoms with van der Waals surface area (Å²) >= 11 is 6.21. The number of aliphatic hydroxyl groups is 1. The predicted octanol–water partition coefficient (Wildman–Crippen LogP) is 3.63. The molecule has 3 rings (SSSR count). The average Bonchev–Trinajstić information content (AvgIpc) is 3.08. The Balaban J connectivity index is 1.95. The van der Waals surface area contributed by atoms with Gasteiger partial charge >= 0.3 is 0 Å². The van der Waals surface area contributed by atoms with E-state index >= 15 is 0 Å². The van der Waals surface area contributed by atoms with Gasteiger partial charge in [0.05, 0.1) is 24.9 Å². The number of pyridine rings is 1. The number of hydrogen-bond acceptors (Lipinski definition) is 3. The number of rotatable bonds is 6. The largest absolute Gasteiger partial charge is 0.394 e. The fraction of sp³-hybridized carbons (Fsp3) is 0.263. The molecule has 2 aromatic heterocycles. The summed E-state index contributed by atoms with van der Waals surface area (Å²) in [7, 11) is 0. The summed E-state index contributed by atoms with van der Waals surface area (Å²) in [5.41, 5.74) is 2.04. The Kier molecular flexibility index (Phi) is 5.36. The molecule has 1 aromatic carbocycles. The van der Waals surface area contributed by atoms with Crippen molar-refractivity contribution in [2.24, 2.45) is 0 Å². The lowest BCUT2D eigenvalue weighted by Crippen LogP contribution is -2.42. The molecule has 0 fully saturated rings. The molecule has 0 aliphatic heterocycles. The monoisotopic (exact) mass is 357 g/mol. The highest BCUT2D eigenvalue weighted by molar-refractivity contribution is 6.35. The Hall–Kier alpha value is -2.37. The molecule has 0 saturated heterocycles. The zero-order valence-electron chi connectivity index (χ0n) is 13.9. The molecule has 1 amide bonds. The molecule has 2 heterocycles. The van der Waals surface area contributed by atoms with Gasteiger partial charge in [0.1, 0.15) is 5.69 Å². The first-order chi connectivity index (χ1) is 12.1. The summed E-state index contributed by atoms with van der Waals surface area (Å²) in [5, 5.41) is 11.1. The Labute approximate surface area is 151 Å². The number of aliphatic hydroxyl groups excluding tert-OH is 1. The maximum atomic E-state index is 13.1. The number of halogens is 1. The number of hydrogen-bond donors (Lipinski definition) is 2. The van der Waals surface area contributed by atoms with Crippen molar-refractivity contribution in [1.29, 1.82) is 0 Å². The van der Waals surface area contributed by atoms with Crippen molar-refractivity contribution < 1.29 is 9.90 Å². The molecule has 1 unspecified atom stereocenters. The van der Waals surface area contributed by atoms with Crippen molar-refractivity contribution >= 4 is 28.4 Å². The van der Waals surface area contributed by atoms with Crippen molar-refractivity contribution in [3.63, 3.8) is 0 Å². The smallest absolute Gasteiger partial charge is 0.270 e. The Bertz CT molecular complexity index is 859. The summed E-state index contributed by atoms with van der Waals surface area (Å²) in [4.78, 5) is 22.2. The summed E-state index contributed by atoms with van der Waals surface area (Å²) in [6.45, 7) is 2.18. The van der Waals surface area contributed by atoms with E-state index in [1.165, 1.54) is 0 Å². The molecule has 5 nitrogen and oxygen atoms in total. The van der Waals surface area contributed by atoms with Crippen molar-refractivity contribution in [2.75, 3.05) is 6.61 Å². The third-order valence-corrected chi connectivity index (χ3v) is 4.61. The highest BCUT2D eigenvalue weighted by atomic mass is 35.5. The van der Waals surface area contributed by atoms with Gasteiger partial charge in [0.2, 0.25) is 0 Å². The minimum absolute atomic E-state index is 0.101. The lowest BCUT2D eigenvalue weighted by molar-refractivity contribution is 0.0555. The molecule has 3 aromatic rings. The second-order valence-electron chi connectivity index (χ2n) is 5.88. The quantitative estimate of drug-likeness (QED) is 0.707. The van der Waals surface area contributed by atoms with Crippen molar-refractivity contribution in [2.45, 2.75) is 25.9 Å².